The number of carbonyl (C=O) groups excluding carboxylic acids is 1. The third kappa shape index (κ3) is 5.45. The minimum Gasteiger partial charge on any atom is -0.484 e. The third-order valence-corrected chi connectivity index (χ3v) is 6.78. The first-order valence-corrected chi connectivity index (χ1v) is 12.4. The molecule has 2 heterocycles. The maximum atomic E-state index is 15.1. The highest BCUT2D eigenvalue weighted by molar-refractivity contribution is 5.93. The molecule has 37 heavy (non-hydrogen) atoms. The van der Waals surface area contributed by atoms with Gasteiger partial charge in [-0.05, 0) is 42.2 Å². The minimum atomic E-state index is -1.34. The molecule has 2 aromatic carbocycles. The number of aromatic nitrogens is 1. The number of fused-ring (bicyclic) bond motifs is 1. The number of pyridine rings is 1. The minimum absolute atomic E-state index is 0.0319. The summed E-state index contributed by atoms with van der Waals surface area (Å²) in [7, 11) is 0. The summed E-state index contributed by atoms with van der Waals surface area (Å²) in [4.78, 5) is 40.3. The van der Waals surface area contributed by atoms with Gasteiger partial charge in [-0.25, -0.2) is 9.18 Å². The number of carboxylic acid groups (broad SMARTS) is 1. The first-order chi connectivity index (χ1) is 17.5. The standard InChI is InChI=1S/C28H32FN3O5/c1-5-30-16-21(27(35)36)26(34)20-14-22(29)24(15-23(20)30)31-10-12-32(13-11-31)25(33)17-37-19-8-6-18(7-9-19)28(2,3)4/h6-9,14-16H,5,10-13,17H2,1-4H3,(H,35,36). The van der Waals surface area contributed by atoms with Crippen molar-refractivity contribution in [2.24, 2.45) is 0 Å². The monoisotopic (exact) mass is 509 g/mol. The summed E-state index contributed by atoms with van der Waals surface area (Å²) in [6, 6.07) is 10.4. The highest BCUT2D eigenvalue weighted by Crippen LogP contribution is 2.27. The second kappa shape index (κ2) is 10.2. The van der Waals surface area contributed by atoms with Crippen molar-refractivity contribution >= 4 is 28.5 Å². The number of amides is 1. The summed E-state index contributed by atoms with van der Waals surface area (Å²) in [5.41, 5.74) is 0.912. The first-order valence-electron chi connectivity index (χ1n) is 12.4. The average molecular weight is 510 g/mol. The topological polar surface area (TPSA) is 92.1 Å². The van der Waals surface area contributed by atoms with Gasteiger partial charge in [0.2, 0.25) is 5.43 Å². The number of hydrogen-bond acceptors (Lipinski definition) is 5. The Kier molecular flexibility index (Phi) is 7.25. The molecule has 4 rings (SSSR count). The van der Waals surface area contributed by atoms with Crippen LogP contribution in [-0.4, -0.2) is 59.2 Å². The lowest BCUT2D eigenvalue weighted by Gasteiger charge is -2.36. The number of carbonyl (C=O) groups is 2. The molecule has 1 aliphatic rings. The van der Waals surface area contributed by atoms with E-state index in [2.05, 4.69) is 20.8 Å². The molecule has 0 radical (unpaired) electrons. The number of anilines is 1. The smallest absolute Gasteiger partial charge is 0.341 e. The summed E-state index contributed by atoms with van der Waals surface area (Å²) in [6.45, 7) is 10.2. The van der Waals surface area contributed by atoms with Crippen molar-refractivity contribution in [3.63, 3.8) is 0 Å². The van der Waals surface area contributed by atoms with Gasteiger partial charge in [0.05, 0.1) is 11.2 Å². The molecule has 0 bridgehead atoms. The molecule has 196 valence electrons. The summed E-state index contributed by atoms with van der Waals surface area (Å²) in [5.74, 6) is -1.45. The van der Waals surface area contributed by atoms with Gasteiger partial charge in [0.1, 0.15) is 17.1 Å². The Morgan fingerprint density at radius 2 is 1.70 bits per heavy atom. The van der Waals surface area contributed by atoms with E-state index in [0.29, 0.717) is 49.7 Å². The van der Waals surface area contributed by atoms with E-state index in [4.69, 9.17) is 4.74 Å². The van der Waals surface area contributed by atoms with Gasteiger partial charge in [0.25, 0.3) is 5.91 Å². The number of rotatable bonds is 6. The number of benzene rings is 2. The van der Waals surface area contributed by atoms with Crippen molar-refractivity contribution in [3.05, 3.63) is 69.8 Å². The van der Waals surface area contributed by atoms with Crippen LogP contribution in [0.3, 0.4) is 0 Å². The van der Waals surface area contributed by atoms with Gasteiger partial charge >= 0.3 is 5.97 Å². The molecule has 1 aromatic heterocycles. The number of carboxylic acids is 1. The Morgan fingerprint density at radius 3 is 2.27 bits per heavy atom. The summed E-state index contributed by atoms with van der Waals surface area (Å²) in [5, 5.41) is 9.36. The quantitative estimate of drug-likeness (QED) is 0.542. The molecule has 1 amide bonds. The number of ether oxygens (including phenoxy) is 1. The van der Waals surface area contributed by atoms with Gasteiger partial charge in [-0.15, -0.1) is 0 Å². The largest absolute Gasteiger partial charge is 0.484 e. The van der Waals surface area contributed by atoms with Crippen LogP contribution < -0.4 is 15.1 Å². The molecule has 1 fully saturated rings. The molecule has 1 aliphatic heterocycles. The van der Waals surface area contributed by atoms with Crippen molar-refractivity contribution in [1.29, 1.82) is 0 Å². The van der Waals surface area contributed by atoms with E-state index < -0.39 is 17.2 Å². The zero-order valence-corrected chi connectivity index (χ0v) is 21.6. The molecule has 1 N–H and O–H groups in total. The molecular formula is C28H32FN3O5. The van der Waals surface area contributed by atoms with Crippen molar-refractivity contribution in [3.8, 4) is 5.75 Å². The predicted molar refractivity (Wildman–Crippen MR) is 140 cm³/mol. The van der Waals surface area contributed by atoms with Crippen LogP contribution in [0.25, 0.3) is 10.9 Å². The van der Waals surface area contributed by atoms with Gasteiger partial charge in [0.15, 0.2) is 6.61 Å². The van der Waals surface area contributed by atoms with Crippen LogP contribution in [0.1, 0.15) is 43.6 Å². The lowest BCUT2D eigenvalue weighted by Crippen LogP contribution is -2.50. The fraction of sp³-hybridized carbons (Fsp3) is 0.393. The van der Waals surface area contributed by atoms with Crippen LogP contribution in [0.4, 0.5) is 10.1 Å². The molecular weight excluding hydrogens is 477 g/mol. The zero-order valence-electron chi connectivity index (χ0n) is 21.6. The first kappa shape index (κ1) is 26.2. The van der Waals surface area contributed by atoms with Gasteiger partial charge in [0, 0.05) is 44.3 Å². The Labute approximate surface area is 214 Å². The van der Waals surface area contributed by atoms with Gasteiger partial charge in [-0.2, -0.15) is 0 Å². The van der Waals surface area contributed by atoms with E-state index in [0.717, 1.165) is 6.07 Å². The molecule has 0 unspecified atom stereocenters. The van der Waals surface area contributed by atoms with E-state index in [1.807, 2.05) is 36.1 Å². The lowest BCUT2D eigenvalue weighted by atomic mass is 9.87. The fourth-order valence-electron chi connectivity index (χ4n) is 4.54. The van der Waals surface area contributed by atoms with E-state index in [-0.39, 0.29) is 28.9 Å². The molecule has 0 aliphatic carbocycles. The maximum Gasteiger partial charge on any atom is 0.341 e. The lowest BCUT2D eigenvalue weighted by molar-refractivity contribution is -0.133. The average Bonchev–Trinajstić information content (AvgIpc) is 2.87. The van der Waals surface area contributed by atoms with E-state index >= 15 is 4.39 Å². The van der Waals surface area contributed by atoms with E-state index in [1.54, 1.807) is 15.5 Å². The highest BCUT2D eigenvalue weighted by Gasteiger charge is 2.25. The number of aromatic carboxylic acids is 1. The van der Waals surface area contributed by atoms with Crippen molar-refractivity contribution in [1.82, 2.24) is 9.47 Å². The van der Waals surface area contributed by atoms with E-state index in [9.17, 15) is 19.5 Å². The van der Waals surface area contributed by atoms with Crippen LogP contribution >= 0.6 is 0 Å². The van der Waals surface area contributed by atoms with E-state index in [1.165, 1.54) is 11.8 Å². The Morgan fingerprint density at radius 1 is 1.05 bits per heavy atom. The number of aryl methyl sites for hydroxylation is 1. The zero-order chi connectivity index (χ0) is 26.9. The van der Waals surface area contributed by atoms with Gasteiger partial charge in [-0.3, -0.25) is 9.59 Å². The van der Waals surface area contributed by atoms with Crippen molar-refractivity contribution in [2.75, 3.05) is 37.7 Å². The molecule has 3 aromatic rings. The molecule has 9 heteroatoms. The van der Waals surface area contributed by atoms with Crippen LogP contribution in [-0.2, 0) is 16.8 Å². The highest BCUT2D eigenvalue weighted by atomic mass is 19.1. The summed E-state index contributed by atoms with van der Waals surface area (Å²) < 4.78 is 22.4. The SMILES string of the molecule is CCn1cc(C(=O)O)c(=O)c2cc(F)c(N3CCN(C(=O)COc4ccc(C(C)(C)C)cc4)CC3)cc21. The molecule has 8 nitrogen and oxygen atoms in total. The number of nitrogens with zero attached hydrogens (tertiary/aromatic N) is 3. The number of piperazine rings is 1. The predicted octanol–water partition coefficient (Wildman–Crippen LogP) is 3.88. The summed E-state index contributed by atoms with van der Waals surface area (Å²) >= 11 is 0. The number of halogens is 1. The Hall–Kier alpha value is -3.88. The Balaban J connectivity index is 1.43. The van der Waals surface area contributed by atoms with Gasteiger partial charge in [-0.1, -0.05) is 32.9 Å². The van der Waals surface area contributed by atoms with Gasteiger partial charge < -0.3 is 24.2 Å². The summed E-state index contributed by atoms with van der Waals surface area (Å²) in [6.07, 6.45) is 1.29. The third-order valence-electron chi connectivity index (χ3n) is 6.78. The number of hydrogen-bond donors (Lipinski definition) is 1. The fourth-order valence-corrected chi connectivity index (χ4v) is 4.54. The van der Waals surface area contributed by atoms with Crippen LogP contribution in [0.2, 0.25) is 0 Å². The van der Waals surface area contributed by atoms with Crippen LogP contribution in [0.15, 0.2) is 47.4 Å². The molecule has 1 saturated heterocycles. The molecule has 0 spiro atoms. The normalized spacial score (nSPS) is 14.2. The second-order valence-corrected chi connectivity index (χ2v) is 10.2. The van der Waals surface area contributed by atoms with Crippen LogP contribution in [0.5, 0.6) is 5.75 Å². The van der Waals surface area contributed by atoms with Crippen molar-refractivity contribution < 1.29 is 23.8 Å². The molecule has 0 atom stereocenters. The molecule has 0 saturated carbocycles. The second-order valence-electron chi connectivity index (χ2n) is 10.2. The Bertz CT molecular complexity index is 1380. The van der Waals surface area contributed by atoms with Crippen molar-refractivity contribution in [2.45, 2.75) is 39.7 Å². The maximum absolute atomic E-state index is 15.1. The van der Waals surface area contributed by atoms with Crippen LogP contribution in [0, 0.1) is 5.82 Å².